The maximum Gasteiger partial charge on any atom is 0.293 e. The third-order valence-electron chi connectivity index (χ3n) is 3.37. The second-order valence-corrected chi connectivity index (χ2v) is 5.23. The van der Waals surface area contributed by atoms with Crippen LogP contribution in [0.15, 0.2) is 18.2 Å². The van der Waals surface area contributed by atoms with Gasteiger partial charge in [0.1, 0.15) is 11.7 Å². The van der Waals surface area contributed by atoms with Crippen molar-refractivity contribution in [2.24, 2.45) is 0 Å². The van der Waals surface area contributed by atoms with Crippen molar-refractivity contribution in [3.8, 4) is 0 Å². The average Bonchev–Trinajstić information content (AvgIpc) is 2.46. The summed E-state index contributed by atoms with van der Waals surface area (Å²) in [4.78, 5) is 33.8. The molecule has 0 bridgehead atoms. The zero-order valence-electron chi connectivity index (χ0n) is 13.2. The van der Waals surface area contributed by atoms with Gasteiger partial charge < -0.3 is 10.6 Å². The van der Waals surface area contributed by atoms with E-state index in [1.807, 2.05) is 13.8 Å². The van der Waals surface area contributed by atoms with Gasteiger partial charge in [-0.25, -0.2) is 0 Å². The summed E-state index contributed by atoms with van der Waals surface area (Å²) in [5, 5.41) is 16.8. The number of hydrogen-bond acceptors (Lipinski definition) is 5. The Morgan fingerprint density at radius 2 is 1.95 bits per heavy atom. The summed E-state index contributed by atoms with van der Waals surface area (Å²) in [6, 6.07) is 3.56. The van der Waals surface area contributed by atoms with Crippen LogP contribution in [0, 0.1) is 10.1 Å². The molecule has 0 radical (unpaired) electrons. The number of anilines is 1. The molecular formula is C15H21N3O4. The topological polar surface area (TPSA) is 101 Å². The predicted octanol–water partition coefficient (Wildman–Crippen LogP) is 2.51. The van der Waals surface area contributed by atoms with Gasteiger partial charge in [-0.3, -0.25) is 19.7 Å². The van der Waals surface area contributed by atoms with Gasteiger partial charge in [-0.1, -0.05) is 6.92 Å². The van der Waals surface area contributed by atoms with Gasteiger partial charge in [-0.2, -0.15) is 0 Å². The summed E-state index contributed by atoms with van der Waals surface area (Å²) < 4.78 is 0. The minimum Gasteiger partial charge on any atom is -0.368 e. The highest BCUT2D eigenvalue weighted by molar-refractivity contribution is 5.95. The molecule has 1 aromatic carbocycles. The van der Waals surface area contributed by atoms with E-state index in [9.17, 15) is 19.7 Å². The Morgan fingerprint density at radius 1 is 1.32 bits per heavy atom. The number of ketones is 1. The fraction of sp³-hybridized carbons (Fsp3) is 0.467. The Hall–Kier alpha value is -2.44. The highest BCUT2D eigenvalue weighted by Crippen LogP contribution is 2.26. The van der Waals surface area contributed by atoms with Crippen LogP contribution in [0.4, 0.5) is 11.4 Å². The van der Waals surface area contributed by atoms with E-state index in [4.69, 9.17) is 0 Å². The van der Waals surface area contributed by atoms with Crippen molar-refractivity contribution in [1.29, 1.82) is 0 Å². The first-order valence-electron chi connectivity index (χ1n) is 7.12. The zero-order chi connectivity index (χ0) is 16.9. The Labute approximate surface area is 129 Å². The summed E-state index contributed by atoms with van der Waals surface area (Å²) >= 11 is 0. The van der Waals surface area contributed by atoms with Gasteiger partial charge in [-0.15, -0.1) is 0 Å². The minimum absolute atomic E-state index is 0.0341. The van der Waals surface area contributed by atoms with Crippen molar-refractivity contribution in [2.75, 3.05) is 5.32 Å². The number of nitrogens with one attached hydrogen (secondary N) is 2. The van der Waals surface area contributed by atoms with E-state index >= 15 is 0 Å². The van der Waals surface area contributed by atoms with Gasteiger partial charge in [-0.05, 0) is 39.3 Å². The maximum absolute atomic E-state index is 12.0. The van der Waals surface area contributed by atoms with Crippen LogP contribution in [-0.4, -0.2) is 28.7 Å². The first-order chi connectivity index (χ1) is 10.3. The minimum atomic E-state index is -0.629. The standard InChI is InChI=1S/C15H21N3O4/c1-5-9(2)16-15(20)10(3)17-13-7-6-12(11(4)19)8-14(13)18(21)22/h6-10,17H,5H2,1-4H3,(H,16,20). The molecule has 0 saturated heterocycles. The van der Waals surface area contributed by atoms with E-state index in [0.717, 1.165) is 6.42 Å². The third-order valence-corrected chi connectivity index (χ3v) is 3.37. The summed E-state index contributed by atoms with van der Waals surface area (Å²) in [7, 11) is 0. The first kappa shape index (κ1) is 17.6. The predicted molar refractivity (Wildman–Crippen MR) is 84.1 cm³/mol. The molecule has 0 aromatic heterocycles. The lowest BCUT2D eigenvalue weighted by molar-refractivity contribution is -0.384. The smallest absolute Gasteiger partial charge is 0.293 e. The van der Waals surface area contributed by atoms with Crippen LogP contribution < -0.4 is 10.6 Å². The Balaban J connectivity index is 2.95. The molecule has 0 heterocycles. The molecule has 0 spiro atoms. The number of benzene rings is 1. The van der Waals surface area contributed by atoms with Gasteiger partial charge in [0.25, 0.3) is 5.69 Å². The summed E-state index contributed by atoms with van der Waals surface area (Å²) in [5.74, 6) is -0.489. The largest absolute Gasteiger partial charge is 0.368 e. The molecule has 0 saturated carbocycles. The zero-order valence-corrected chi connectivity index (χ0v) is 13.2. The maximum atomic E-state index is 12.0. The fourth-order valence-corrected chi connectivity index (χ4v) is 1.79. The summed E-state index contributed by atoms with van der Waals surface area (Å²) in [6.45, 7) is 6.80. The monoisotopic (exact) mass is 307 g/mol. The molecule has 2 unspecified atom stereocenters. The molecular weight excluding hydrogens is 286 g/mol. The molecule has 2 N–H and O–H groups in total. The number of nitro benzene ring substituents is 1. The SMILES string of the molecule is CCC(C)NC(=O)C(C)Nc1ccc(C(C)=O)cc1[N+](=O)[O-]. The Bertz CT molecular complexity index is 586. The van der Waals surface area contributed by atoms with Gasteiger partial charge in [0, 0.05) is 17.7 Å². The first-order valence-corrected chi connectivity index (χ1v) is 7.12. The molecule has 1 aromatic rings. The highest BCUT2D eigenvalue weighted by Gasteiger charge is 2.21. The average molecular weight is 307 g/mol. The number of nitro groups is 1. The second kappa shape index (κ2) is 7.53. The van der Waals surface area contributed by atoms with Gasteiger partial charge in [0.15, 0.2) is 5.78 Å². The highest BCUT2D eigenvalue weighted by atomic mass is 16.6. The molecule has 0 aliphatic carbocycles. The van der Waals surface area contributed by atoms with Gasteiger partial charge in [0.05, 0.1) is 4.92 Å². The van der Waals surface area contributed by atoms with E-state index in [0.29, 0.717) is 0 Å². The number of amides is 1. The van der Waals surface area contributed by atoms with Crippen molar-refractivity contribution in [1.82, 2.24) is 5.32 Å². The molecule has 1 amide bonds. The lowest BCUT2D eigenvalue weighted by Gasteiger charge is -2.18. The Kier molecular flexibility index (Phi) is 6.03. The number of Topliss-reactive ketones (excluding diaryl/α,β-unsaturated/α-hetero) is 1. The van der Waals surface area contributed by atoms with Crippen molar-refractivity contribution >= 4 is 23.1 Å². The molecule has 0 aliphatic heterocycles. The molecule has 1 rings (SSSR count). The van der Waals surface area contributed by atoms with E-state index < -0.39 is 11.0 Å². The van der Waals surface area contributed by atoms with E-state index in [-0.39, 0.29) is 34.7 Å². The van der Waals surface area contributed by atoms with E-state index in [2.05, 4.69) is 10.6 Å². The van der Waals surface area contributed by atoms with E-state index in [1.165, 1.54) is 25.1 Å². The molecule has 0 fully saturated rings. The number of rotatable bonds is 7. The van der Waals surface area contributed by atoms with Crippen molar-refractivity contribution in [3.05, 3.63) is 33.9 Å². The van der Waals surface area contributed by atoms with Crippen LogP contribution in [0.1, 0.15) is 44.5 Å². The fourth-order valence-electron chi connectivity index (χ4n) is 1.79. The lowest BCUT2D eigenvalue weighted by atomic mass is 10.1. The third kappa shape index (κ3) is 4.54. The van der Waals surface area contributed by atoms with Crippen molar-refractivity contribution in [3.63, 3.8) is 0 Å². The second-order valence-electron chi connectivity index (χ2n) is 5.23. The Morgan fingerprint density at radius 3 is 2.45 bits per heavy atom. The van der Waals surface area contributed by atoms with Crippen LogP contribution in [-0.2, 0) is 4.79 Å². The molecule has 7 nitrogen and oxygen atoms in total. The van der Waals surface area contributed by atoms with Gasteiger partial charge >= 0.3 is 0 Å². The van der Waals surface area contributed by atoms with Crippen LogP contribution in [0.3, 0.4) is 0 Å². The number of hydrogen-bond donors (Lipinski definition) is 2. The summed E-state index contributed by atoms with van der Waals surface area (Å²) in [6.07, 6.45) is 0.798. The van der Waals surface area contributed by atoms with Crippen LogP contribution >= 0.6 is 0 Å². The molecule has 7 heteroatoms. The quantitative estimate of drug-likeness (QED) is 0.458. The van der Waals surface area contributed by atoms with Crippen LogP contribution in [0.5, 0.6) is 0 Å². The van der Waals surface area contributed by atoms with Crippen molar-refractivity contribution < 1.29 is 14.5 Å². The molecule has 0 aliphatic rings. The normalized spacial score (nSPS) is 13.1. The molecule has 22 heavy (non-hydrogen) atoms. The van der Waals surface area contributed by atoms with Gasteiger partial charge in [0.2, 0.25) is 5.91 Å². The molecule has 120 valence electrons. The van der Waals surface area contributed by atoms with Crippen LogP contribution in [0.2, 0.25) is 0 Å². The van der Waals surface area contributed by atoms with Crippen molar-refractivity contribution in [2.45, 2.75) is 46.2 Å². The van der Waals surface area contributed by atoms with E-state index in [1.54, 1.807) is 6.92 Å². The lowest BCUT2D eigenvalue weighted by Crippen LogP contribution is -2.41. The number of nitrogens with zero attached hydrogens (tertiary/aromatic N) is 1. The number of carbonyl (C=O) groups is 2. The molecule has 2 atom stereocenters. The summed E-state index contributed by atoms with van der Waals surface area (Å²) in [5.41, 5.74) is 0.242. The number of carbonyl (C=O) groups excluding carboxylic acids is 2. The van der Waals surface area contributed by atoms with Crippen LogP contribution in [0.25, 0.3) is 0 Å².